The maximum absolute atomic E-state index is 13.0. The van der Waals surface area contributed by atoms with Crippen LogP contribution in [-0.2, 0) is 20.7 Å². The molecule has 1 aliphatic heterocycles. The summed E-state index contributed by atoms with van der Waals surface area (Å²) in [5, 5.41) is 0. The van der Waals surface area contributed by atoms with Gasteiger partial charge in [0.15, 0.2) is 6.10 Å². The van der Waals surface area contributed by atoms with Gasteiger partial charge in [0, 0.05) is 12.0 Å². The third-order valence-electron chi connectivity index (χ3n) is 6.38. The van der Waals surface area contributed by atoms with E-state index in [1.165, 1.54) is 12.7 Å². The van der Waals surface area contributed by atoms with Gasteiger partial charge in [0.2, 0.25) is 0 Å². The molecule has 2 unspecified atom stereocenters. The fourth-order valence-electron chi connectivity index (χ4n) is 4.78. The van der Waals surface area contributed by atoms with Gasteiger partial charge in [-0.3, -0.25) is 0 Å². The van der Waals surface area contributed by atoms with E-state index in [0.29, 0.717) is 6.54 Å². The summed E-state index contributed by atoms with van der Waals surface area (Å²) in [6.07, 6.45) is 6.06. The minimum absolute atomic E-state index is 0.122. The molecule has 1 fully saturated rings. The summed E-state index contributed by atoms with van der Waals surface area (Å²) >= 11 is 0. The lowest BCUT2D eigenvalue weighted by Gasteiger charge is -2.37. The van der Waals surface area contributed by atoms with E-state index in [0.717, 1.165) is 74.0 Å². The van der Waals surface area contributed by atoms with Crippen LogP contribution in [0.3, 0.4) is 0 Å². The summed E-state index contributed by atoms with van der Waals surface area (Å²) < 4.78 is 17.4. The Kier molecular flexibility index (Phi) is 7.93. The van der Waals surface area contributed by atoms with Crippen molar-refractivity contribution in [2.24, 2.45) is 10.4 Å². The summed E-state index contributed by atoms with van der Waals surface area (Å²) in [5.41, 5.74) is 4.15. The Labute approximate surface area is 186 Å². The average Bonchev–Trinajstić information content (AvgIpc) is 3.59. The molecule has 3 rings (SSSR count). The van der Waals surface area contributed by atoms with Gasteiger partial charge in [0.05, 0.1) is 19.8 Å². The zero-order valence-corrected chi connectivity index (χ0v) is 19.5. The highest BCUT2D eigenvalue weighted by molar-refractivity contribution is 5.84. The van der Waals surface area contributed by atoms with Gasteiger partial charge >= 0.3 is 5.97 Å². The van der Waals surface area contributed by atoms with Gasteiger partial charge in [-0.25, -0.2) is 4.79 Å². The van der Waals surface area contributed by atoms with Crippen molar-refractivity contribution >= 4 is 18.3 Å². The van der Waals surface area contributed by atoms with Gasteiger partial charge in [0.1, 0.15) is 5.75 Å². The highest BCUT2D eigenvalue weighted by atomic mass is 16.6. The molecule has 0 N–H and O–H groups in total. The number of carbonyl (C=O) groups excluding carboxylic acids is 1. The standard InChI is InChI=1S/C26H37NO4/c1-6-14-26(3,17-27-4)23(24(25(28)29-5)31-20-11-12-20)21(7-2)18-10-13-22-19(16-18)9-8-15-30-22/h10,13,16,20,24H,4,6-9,11-12,14-15,17H2,1-3,5H3/b23-21+. The highest BCUT2D eigenvalue weighted by Gasteiger charge is 2.42. The molecule has 5 nitrogen and oxygen atoms in total. The molecule has 2 aliphatic rings. The summed E-state index contributed by atoms with van der Waals surface area (Å²) in [6.45, 7) is 11.6. The maximum atomic E-state index is 13.0. The molecule has 1 saturated carbocycles. The first-order chi connectivity index (χ1) is 15.0. The Morgan fingerprint density at radius 2 is 2.13 bits per heavy atom. The van der Waals surface area contributed by atoms with Crippen LogP contribution >= 0.6 is 0 Å². The second-order valence-corrected chi connectivity index (χ2v) is 8.95. The third kappa shape index (κ3) is 5.38. The molecule has 0 bridgehead atoms. The SMILES string of the molecule is C=NCC(C)(CCC)/C(=C(\CC)c1ccc2c(c1)CCCO2)C(OC1CC1)C(=O)OC. The fraction of sp³-hybridized carbons (Fsp3) is 0.615. The molecule has 1 aromatic rings. The number of esters is 1. The first kappa shape index (κ1) is 23.5. The number of hydrogen-bond donors (Lipinski definition) is 0. The van der Waals surface area contributed by atoms with Crippen LogP contribution in [0.2, 0.25) is 0 Å². The van der Waals surface area contributed by atoms with Crippen LogP contribution in [0, 0.1) is 5.41 Å². The lowest BCUT2D eigenvalue weighted by atomic mass is 9.71. The number of aryl methyl sites for hydroxylation is 1. The summed E-state index contributed by atoms with van der Waals surface area (Å²) in [5.74, 6) is 0.635. The first-order valence-corrected chi connectivity index (χ1v) is 11.6. The average molecular weight is 428 g/mol. The summed E-state index contributed by atoms with van der Waals surface area (Å²) in [7, 11) is 1.44. The molecule has 170 valence electrons. The number of fused-ring (bicyclic) bond motifs is 1. The van der Waals surface area contributed by atoms with Crippen molar-refractivity contribution in [1.29, 1.82) is 0 Å². The second-order valence-electron chi connectivity index (χ2n) is 8.95. The van der Waals surface area contributed by atoms with E-state index in [1.807, 2.05) is 0 Å². The summed E-state index contributed by atoms with van der Waals surface area (Å²) in [6, 6.07) is 6.41. The van der Waals surface area contributed by atoms with Crippen molar-refractivity contribution in [2.75, 3.05) is 20.3 Å². The summed E-state index contributed by atoms with van der Waals surface area (Å²) in [4.78, 5) is 17.3. The van der Waals surface area contributed by atoms with Crippen LogP contribution < -0.4 is 4.74 Å². The molecule has 0 radical (unpaired) electrons. The molecular weight excluding hydrogens is 390 g/mol. The first-order valence-electron chi connectivity index (χ1n) is 11.6. The Bertz CT molecular complexity index is 827. The number of carbonyl (C=O) groups is 1. The quantitative estimate of drug-likeness (QED) is 0.350. The Balaban J connectivity index is 2.20. The van der Waals surface area contributed by atoms with Gasteiger partial charge in [-0.1, -0.05) is 33.3 Å². The van der Waals surface area contributed by atoms with E-state index >= 15 is 0 Å². The normalized spacial score (nSPS) is 19.4. The second kappa shape index (κ2) is 10.4. The van der Waals surface area contributed by atoms with Gasteiger partial charge in [-0.15, -0.1) is 0 Å². The van der Waals surface area contributed by atoms with E-state index in [9.17, 15) is 4.79 Å². The molecule has 1 heterocycles. The minimum Gasteiger partial charge on any atom is -0.493 e. The van der Waals surface area contributed by atoms with E-state index < -0.39 is 6.10 Å². The van der Waals surface area contributed by atoms with E-state index in [-0.39, 0.29) is 17.5 Å². The van der Waals surface area contributed by atoms with Gasteiger partial charge in [-0.2, -0.15) is 0 Å². The lowest BCUT2D eigenvalue weighted by molar-refractivity contribution is -0.153. The minimum atomic E-state index is -0.724. The Morgan fingerprint density at radius 3 is 2.74 bits per heavy atom. The van der Waals surface area contributed by atoms with E-state index in [2.05, 4.69) is 50.7 Å². The van der Waals surface area contributed by atoms with Crippen molar-refractivity contribution in [3.8, 4) is 5.75 Å². The van der Waals surface area contributed by atoms with Crippen LogP contribution in [0.15, 0.2) is 28.8 Å². The van der Waals surface area contributed by atoms with Gasteiger partial charge in [0.25, 0.3) is 0 Å². The number of aliphatic imine (C=N–C) groups is 1. The van der Waals surface area contributed by atoms with E-state index in [1.54, 1.807) is 0 Å². The molecular formula is C26H37NO4. The van der Waals surface area contributed by atoms with Gasteiger partial charge in [-0.05, 0) is 79.6 Å². The molecule has 5 heteroatoms. The third-order valence-corrected chi connectivity index (χ3v) is 6.38. The molecule has 0 spiro atoms. The Morgan fingerprint density at radius 1 is 1.35 bits per heavy atom. The number of rotatable bonds is 11. The van der Waals surface area contributed by atoms with Crippen LogP contribution in [0.4, 0.5) is 0 Å². The van der Waals surface area contributed by atoms with Crippen molar-refractivity contribution in [1.82, 2.24) is 0 Å². The zero-order chi connectivity index (χ0) is 22.4. The van der Waals surface area contributed by atoms with Crippen LogP contribution in [-0.4, -0.2) is 45.2 Å². The smallest absolute Gasteiger partial charge is 0.339 e. The molecule has 0 amide bonds. The number of allylic oxidation sites excluding steroid dienone is 1. The predicted molar refractivity (Wildman–Crippen MR) is 125 cm³/mol. The molecule has 0 saturated heterocycles. The number of nitrogens with zero attached hydrogens (tertiary/aromatic N) is 1. The topological polar surface area (TPSA) is 57.1 Å². The fourth-order valence-corrected chi connectivity index (χ4v) is 4.78. The number of methoxy groups -OCH3 is 1. The van der Waals surface area contributed by atoms with E-state index in [4.69, 9.17) is 14.2 Å². The van der Waals surface area contributed by atoms with Gasteiger partial charge < -0.3 is 19.2 Å². The largest absolute Gasteiger partial charge is 0.493 e. The number of benzene rings is 1. The maximum Gasteiger partial charge on any atom is 0.339 e. The predicted octanol–water partition coefficient (Wildman–Crippen LogP) is 5.40. The van der Waals surface area contributed by atoms with Crippen molar-refractivity contribution in [3.05, 3.63) is 34.9 Å². The molecule has 0 aromatic heterocycles. The molecule has 1 aromatic carbocycles. The van der Waals surface area contributed by atoms with Crippen LogP contribution in [0.1, 0.15) is 70.4 Å². The van der Waals surface area contributed by atoms with Crippen molar-refractivity contribution < 1.29 is 19.0 Å². The monoisotopic (exact) mass is 427 g/mol. The van der Waals surface area contributed by atoms with Crippen LogP contribution in [0.5, 0.6) is 5.75 Å². The van der Waals surface area contributed by atoms with Crippen molar-refractivity contribution in [3.63, 3.8) is 0 Å². The molecule has 2 atom stereocenters. The molecule has 31 heavy (non-hydrogen) atoms. The van der Waals surface area contributed by atoms with Crippen LogP contribution in [0.25, 0.3) is 5.57 Å². The Hall–Kier alpha value is -2.14. The molecule has 1 aliphatic carbocycles. The zero-order valence-electron chi connectivity index (χ0n) is 19.5. The lowest BCUT2D eigenvalue weighted by Crippen LogP contribution is -2.39. The number of ether oxygens (including phenoxy) is 3. The number of hydrogen-bond acceptors (Lipinski definition) is 5. The van der Waals surface area contributed by atoms with Crippen molar-refractivity contribution in [2.45, 2.75) is 77.9 Å². The highest BCUT2D eigenvalue weighted by Crippen LogP contribution is 2.44.